The first-order valence-electron chi connectivity index (χ1n) is 14.1. The molecular weight excluding hydrogens is 509 g/mol. The van der Waals surface area contributed by atoms with Gasteiger partial charge in [0.15, 0.2) is 0 Å². The van der Waals surface area contributed by atoms with Gasteiger partial charge in [-0.2, -0.15) is 0 Å². The van der Waals surface area contributed by atoms with E-state index in [-0.39, 0.29) is 22.7 Å². The third kappa shape index (κ3) is 8.99. The Labute approximate surface area is 231 Å². The van der Waals surface area contributed by atoms with Crippen molar-refractivity contribution in [3.8, 4) is 0 Å². The Morgan fingerprint density at radius 3 is 2.27 bits per heavy atom. The summed E-state index contributed by atoms with van der Waals surface area (Å²) in [6, 6.07) is -0.787. The average molecular weight is 558 g/mol. The molecule has 0 unspecified atom stereocenters. The van der Waals surface area contributed by atoms with Gasteiger partial charge in [-0.15, -0.1) is 0 Å². The van der Waals surface area contributed by atoms with E-state index in [1.54, 1.807) is 42.4 Å². The molecule has 0 aromatic carbocycles. The molecule has 2 bridgehead atoms. The Morgan fingerprint density at radius 1 is 1.08 bits per heavy atom. The van der Waals surface area contributed by atoms with Gasteiger partial charge in [0.1, 0.15) is 17.7 Å². The van der Waals surface area contributed by atoms with Gasteiger partial charge < -0.3 is 25.3 Å². The molecule has 2 amide bonds. The van der Waals surface area contributed by atoms with Crippen LogP contribution in [0.4, 0.5) is 4.79 Å². The van der Waals surface area contributed by atoms with Gasteiger partial charge in [0.2, 0.25) is 5.91 Å². The van der Waals surface area contributed by atoms with E-state index in [2.05, 4.69) is 36.6 Å². The van der Waals surface area contributed by atoms with Gasteiger partial charge in [0.05, 0.1) is 0 Å². The number of alkyl carbamates (subject to hydrolysis) is 1. The highest BCUT2D eigenvalue weighted by Gasteiger charge is 2.59. The third-order valence-corrected chi connectivity index (χ3v) is 11.1. The lowest BCUT2D eigenvalue weighted by Gasteiger charge is -2.50. The number of nitrogens with one attached hydrogen (secondary N) is 2. The fraction of sp³-hybridized carbons (Fsp3) is 0.885. The fourth-order valence-electron chi connectivity index (χ4n) is 6.23. The molecule has 0 aromatic rings. The van der Waals surface area contributed by atoms with Crippen LogP contribution in [0.15, 0.2) is 0 Å². The number of rotatable bonds is 10. The van der Waals surface area contributed by atoms with Crippen LogP contribution in [0.1, 0.15) is 99.3 Å². The van der Waals surface area contributed by atoms with Crippen molar-refractivity contribution in [3.63, 3.8) is 0 Å². The van der Waals surface area contributed by atoms with Crippen LogP contribution in [-0.4, -0.2) is 59.2 Å². The van der Waals surface area contributed by atoms with E-state index in [0.717, 1.165) is 19.3 Å². The van der Waals surface area contributed by atoms with Crippen molar-refractivity contribution in [1.29, 1.82) is 0 Å². The number of amides is 2. The van der Waals surface area contributed by atoms with Crippen molar-refractivity contribution in [2.24, 2.45) is 0 Å². The minimum atomic E-state index is -1.09. The number of ether oxygens (including phenoxy) is 1. The Bertz CT molecular complexity index is 795. The highest BCUT2D eigenvalue weighted by molar-refractivity contribution is 8.77. The second kappa shape index (κ2) is 12.9. The fourth-order valence-corrected chi connectivity index (χ4v) is 8.69. The summed E-state index contributed by atoms with van der Waals surface area (Å²) in [5.74, 6) is 1.33. The van der Waals surface area contributed by atoms with E-state index >= 15 is 0 Å². The number of unbranched alkanes of at least 4 members (excludes halogenated alkanes) is 1. The van der Waals surface area contributed by atoms with Crippen LogP contribution in [0.25, 0.3) is 0 Å². The van der Waals surface area contributed by atoms with Crippen molar-refractivity contribution in [1.82, 2.24) is 10.6 Å². The van der Waals surface area contributed by atoms with E-state index in [4.69, 9.17) is 9.39 Å². The van der Waals surface area contributed by atoms with Gasteiger partial charge >= 0.3 is 18.5 Å². The zero-order chi connectivity index (χ0) is 27.3. The maximum Gasteiger partial charge on any atom is 0.408 e. The first-order valence-corrected chi connectivity index (χ1v) is 16.4. The van der Waals surface area contributed by atoms with Crippen molar-refractivity contribution < 1.29 is 29.0 Å². The van der Waals surface area contributed by atoms with Gasteiger partial charge in [-0.1, -0.05) is 92.5 Å². The Morgan fingerprint density at radius 2 is 1.70 bits per heavy atom. The molecule has 11 heteroatoms. The van der Waals surface area contributed by atoms with E-state index < -0.39 is 24.2 Å². The van der Waals surface area contributed by atoms with E-state index in [0.29, 0.717) is 23.9 Å². The zero-order valence-corrected chi connectivity index (χ0v) is 25.2. The van der Waals surface area contributed by atoms with Gasteiger partial charge in [0.25, 0.3) is 0 Å². The SMILES string of the molecule is CC(C)(C)OC(=O)N[C@@H](CSSC(C)(C)C)C(=O)NCCCC[C@@H]1[NH2+][B-]2(OC1=O)[C@H]1CCC[C@@H]2CCC1. The predicted octanol–water partition coefficient (Wildman–Crippen LogP) is 4.39. The van der Waals surface area contributed by atoms with E-state index in [1.807, 2.05) is 0 Å². The summed E-state index contributed by atoms with van der Waals surface area (Å²) >= 11 is 0. The predicted molar refractivity (Wildman–Crippen MR) is 153 cm³/mol. The molecule has 0 aliphatic carbocycles. The zero-order valence-electron chi connectivity index (χ0n) is 23.6. The largest absolute Gasteiger partial charge is 0.634 e. The summed E-state index contributed by atoms with van der Waals surface area (Å²) < 4.78 is 11.6. The summed E-state index contributed by atoms with van der Waals surface area (Å²) in [4.78, 5) is 38.0. The lowest BCUT2D eigenvalue weighted by molar-refractivity contribution is -0.560. The molecule has 3 fully saturated rings. The highest BCUT2D eigenvalue weighted by Crippen LogP contribution is 2.51. The van der Waals surface area contributed by atoms with Crippen molar-refractivity contribution in [2.75, 3.05) is 12.3 Å². The molecule has 8 nitrogen and oxygen atoms in total. The van der Waals surface area contributed by atoms with E-state index in [9.17, 15) is 14.4 Å². The molecule has 3 aliphatic heterocycles. The molecule has 2 atom stereocenters. The van der Waals surface area contributed by atoms with Crippen LogP contribution in [0.5, 0.6) is 0 Å². The third-order valence-electron chi connectivity index (χ3n) is 7.72. The monoisotopic (exact) mass is 557 g/mol. The summed E-state index contributed by atoms with van der Waals surface area (Å²) in [6.45, 7) is 11.1. The number of nitrogens with two attached hydrogens (primary N) is 1. The summed E-state index contributed by atoms with van der Waals surface area (Å²) in [6.07, 6.45) is 9.14. The first-order chi connectivity index (χ1) is 17.3. The maximum absolute atomic E-state index is 12.9. The highest BCUT2D eigenvalue weighted by atomic mass is 33.1. The summed E-state index contributed by atoms with van der Waals surface area (Å²) in [5, 5.41) is 8.02. The van der Waals surface area contributed by atoms with Crippen LogP contribution in [-0.2, 0) is 19.0 Å². The van der Waals surface area contributed by atoms with Gasteiger partial charge in [-0.25, -0.2) is 4.79 Å². The minimum Gasteiger partial charge on any atom is -0.634 e. The molecule has 1 spiro atoms. The van der Waals surface area contributed by atoms with Crippen molar-refractivity contribution in [2.45, 2.75) is 133 Å². The molecule has 37 heavy (non-hydrogen) atoms. The topological polar surface area (TPSA) is 110 Å². The van der Waals surface area contributed by atoms with Crippen molar-refractivity contribution in [3.05, 3.63) is 0 Å². The molecule has 4 N–H and O–H groups in total. The molecule has 3 aliphatic rings. The molecule has 3 heterocycles. The maximum atomic E-state index is 12.9. The van der Waals surface area contributed by atoms with Crippen LogP contribution >= 0.6 is 21.6 Å². The molecule has 0 saturated carbocycles. The van der Waals surface area contributed by atoms with Gasteiger partial charge in [-0.05, 0) is 33.6 Å². The molecule has 212 valence electrons. The number of quaternary nitrogens is 1. The van der Waals surface area contributed by atoms with Crippen molar-refractivity contribution >= 4 is 46.0 Å². The van der Waals surface area contributed by atoms with Gasteiger partial charge in [-0.3, -0.25) is 9.59 Å². The lowest BCUT2D eigenvalue weighted by atomic mass is 9.28. The molecule has 0 radical (unpaired) electrons. The Hall–Kier alpha value is -1.07. The number of hydrogen-bond acceptors (Lipinski definition) is 7. The van der Waals surface area contributed by atoms with Gasteiger partial charge in [0, 0.05) is 23.5 Å². The van der Waals surface area contributed by atoms with Crippen LogP contribution in [0.3, 0.4) is 0 Å². The molecule has 3 rings (SSSR count). The molecule has 3 saturated heterocycles. The van der Waals surface area contributed by atoms with Crippen LogP contribution in [0.2, 0.25) is 11.6 Å². The lowest BCUT2D eigenvalue weighted by Crippen LogP contribution is -3.03. The second-order valence-electron chi connectivity index (χ2n) is 13.1. The second-order valence-corrected chi connectivity index (χ2v) is 16.2. The quantitative estimate of drug-likeness (QED) is 0.208. The standard InChI is InChI=1S/C26H48BN3O5S2/c1-25(2,3)34-24(33)29-21(17-36-37-26(4,5)6)22(31)28-16-8-7-15-20-23(32)35-27(30-20)18-11-9-12-19(27)14-10-13-18/h18-21H,7-17,30H2,1-6H3,(H,28,31)(H,29,33)/t18-,19+,20-,21-,27?/m0/s1. The molecule has 0 aromatic heterocycles. The Balaban J connectivity index is 1.43. The molecular formula is C26H48BN3O5S2. The number of carbonyl (C=O) groups is 3. The smallest absolute Gasteiger partial charge is 0.408 e. The van der Waals surface area contributed by atoms with Crippen LogP contribution < -0.4 is 15.9 Å². The number of hydrogen-bond donors (Lipinski definition) is 3. The summed E-state index contributed by atoms with van der Waals surface area (Å²) in [5.41, 5.74) is -0.632. The van der Waals surface area contributed by atoms with Crippen LogP contribution in [0, 0.1) is 0 Å². The summed E-state index contributed by atoms with van der Waals surface area (Å²) in [7, 11) is 3.25. The Kier molecular flexibility index (Phi) is 10.6. The average Bonchev–Trinajstić information content (AvgIpc) is 3.06. The minimum absolute atomic E-state index is 0.0298. The number of carbonyl (C=O) groups excluding carboxylic acids is 3. The first kappa shape index (κ1) is 30.5. The van der Waals surface area contributed by atoms with E-state index in [1.165, 1.54) is 38.5 Å². The normalized spacial score (nSPS) is 28.5.